The first kappa shape index (κ1) is 15.4. The molecule has 0 saturated heterocycles. The molecule has 0 saturated carbocycles. The molecule has 0 spiro atoms. The van der Waals surface area contributed by atoms with Gasteiger partial charge in [-0.2, -0.15) is 0 Å². The summed E-state index contributed by atoms with van der Waals surface area (Å²) in [5, 5.41) is 5.05. The molecule has 0 heteroatoms. The lowest BCUT2D eigenvalue weighted by atomic mass is 9.97. The average Bonchev–Trinajstić information content (AvgIpc) is 2.67. The molecule has 4 aromatic rings. The molecular weight excluding hydrogens is 300 g/mol. The summed E-state index contributed by atoms with van der Waals surface area (Å²) in [6, 6.07) is 30.0. The molecule has 4 aromatic carbocycles. The molecule has 4 rings (SSSR count). The maximum Gasteiger partial charge on any atom is -0.0178 e. The molecule has 0 aliphatic carbocycles. The summed E-state index contributed by atoms with van der Waals surface area (Å²) in [7, 11) is 0. The lowest BCUT2D eigenvalue weighted by Crippen LogP contribution is -1.84. The van der Waals surface area contributed by atoms with E-state index < -0.39 is 0 Å². The van der Waals surface area contributed by atoms with Crippen molar-refractivity contribution in [2.45, 2.75) is 6.92 Å². The lowest BCUT2D eigenvalue weighted by Gasteiger charge is -2.08. The zero-order valence-electron chi connectivity index (χ0n) is 14.4. The third kappa shape index (κ3) is 3.12. The number of hydrogen-bond acceptors (Lipinski definition) is 0. The van der Waals surface area contributed by atoms with Gasteiger partial charge in [-0.3, -0.25) is 0 Å². The van der Waals surface area contributed by atoms with Crippen molar-refractivity contribution in [1.29, 1.82) is 0 Å². The Morgan fingerprint density at radius 3 is 1.72 bits per heavy atom. The summed E-state index contributed by atoms with van der Waals surface area (Å²) in [5.41, 5.74) is 4.67. The van der Waals surface area contributed by atoms with Crippen molar-refractivity contribution in [2.24, 2.45) is 0 Å². The highest BCUT2D eigenvalue weighted by Crippen LogP contribution is 2.26. The second kappa shape index (κ2) is 6.41. The van der Waals surface area contributed by atoms with Crippen LogP contribution in [-0.4, -0.2) is 0 Å². The van der Waals surface area contributed by atoms with Crippen LogP contribution in [0.5, 0.6) is 0 Å². The van der Waals surface area contributed by atoms with Gasteiger partial charge >= 0.3 is 0 Å². The maximum absolute atomic E-state index is 4.28. The summed E-state index contributed by atoms with van der Waals surface area (Å²) in [6.45, 7) is 6.43. The minimum absolute atomic E-state index is 1.04. The van der Waals surface area contributed by atoms with Crippen LogP contribution >= 0.6 is 0 Å². The Hall–Kier alpha value is -3.12. The Kier molecular flexibility index (Phi) is 3.95. The second-order valence-electron chi connectivity index (χ2n) is 6.48. The van der Waals surface area contributed by atoms with Gasteiger partial charge in [0.1, 0.15) is 0 Å². The highest BCUT2D eigenvalue weighted by molar-refractivity contribution is 5.91. The van der Waals surface area contributed by atoms with E-state index in [2.05, 4.69) is 105 Å². The second-order valence-corrected chi connectivity index (χ2v) is 6.48. The zero-order valence-corrected chi connectivity index (χ0v) is 14.4. The molecule has 0 aliphatic rings. The van der Waals surface area contributed by atoms with E-state index in [-0.39, 0.29) is 0 Å². The van der Waals surface area contributed by atoms with Gasteiger partial charge in [-0.15, -0.1) is 0 Å². The molecule has 0 aliphatic heterocycles. The van der Waals surface area contributed by atoms with Gasteiger partial charge in [-0.05, 0) is 62.9 Å². The lowest BCUT2D eigenvalue weighted by molar-refractivity contribution is 1.59. The Bertz CT molecular complexity index is 1110. The first-order chi connectivity index (χ1) is 12.2. The fraction of sp³-hybridized carbons (Fsp3) is 0.0400. The molecule has 0 radical (unpaired) electrons. The molecule has 0 N–H and O–H groups in total. The normalized spacial score (nSPS) is 11.8. The molecule has 0 fully saturated rings. The van der Waals surface area contributed by atoms with Crippen molar-refractivity contribution in [3.05, 3.63) is 109 Å². The summed E-state index contributed by atoms with van der Waals surface area (Å²) in [4.78, 5) is 0. The molecule has 120 valence electrons. The molecule has 0 bridgehead atoms. The first-order valence-corrected chi connectivity index (χ1v) is 8.56. The van der Waals surface area contributed by atoms with Crippen LogP contribution in [0.25, 0.3) is 32.7 Å². The van der Waals surface area contributed by atoms with Crippen LogP contribution in [0.3, 0.4) is 0 Å². The summed E-state index contributed by atoms with van der Waals surface area (Å²) in [6.07, 6.45) is 2.17. The summed E-state index contributed by atoms with van der Waals surface area (Å²) >= 11 is 0. The largest absolute Gasteiger partial charge is 0.0911 e. The van der Waals surface area contributed by atoms with E-state index in [4.69, 9.17) is 0 Å². The van der Waals surface area contributed by atoms with Crippen LogP contribution in [0.4, 0.5) is 0 Å². The highest BCUT2D eigenvalue weighted by Gasteiger charge is 2.02. The minimum atomic E-state index is 1.04. The van der Waals surface area contributed by atoms with Gasteiger partial charge in [0.2, 0.25) is 0 Å². The van der Waals surface area contributed by atoms with Crippen molar-refractivity contribution in [2.75, 3.05) is 0 Å². The van der Waals surface area contributed by atoms with Gasteiger partial charge in [0, 0.05) is 0 Å². The zero-order chi connectivity index (χ0) is 17.2. The Labute approximate surface area is 148 Å². The fourth-order valence-corrected chi connectivity index (χ4v) is 3.25. The van der Waals surface area contributed by atoms with Gasteiger partial charge in [0.25, 0.3) is 0 Å². The van der Waals surface area contributed by atoms with Crippen molar-refractivity contribution >= 4 is 32.7 Å². The summed E-state index contributed by atoms with van der Waals surface area (Å²) < 4.78 is 0. The predicted octanol–water partition coefficient (Wildman–Crippen LogP) is 7.11. The Balaban J connectivity index is 1.68. The quantitative estimate of drug-likeness (QED) is 0.353. The van der Waals surface area contributed by atoms with Crippen LogP contribution in [0.15, 0.2) is 97.6 Å². The van der Waals surface area contributed by atoms with Gasteiger partial charge < -0.3 is 0 Å². The van der Waals surface area contributed by atoms with Crippen molar-refractivity contribution in [3.63, 3.8) is 0 Å². The highest BCUT2D eigenvalue weighted by atomic mass is 14.1. The van der Waals surface area contributed by atoms with Gasteiger partial charge in [-0.1, -0.05) is 85.5 Å². The van der Waals surface area contributed by atoms with E-state index in [0.29, 0.717) is 0 Å². The molecule has 0 nitrogen and oxygen atoms in total. The molecule has 0 unspecified atom stereocenters. The van der Waals surface area contributed by atoms with E-state index >= 15 is 0 Å². The third-order valence-corrected chi connectivity index (χ3v) is 4.72. The average molecular weight is 320 g/mol. The Morgan fingerprint density at radius 1 is 0.640 bits per heavy atom. The van der Waals surface area contributed by atoms with E-state index in [9.17, 15) is 0 Å². The predicted molar refractivity (Wildman–Crippen MR) is 111 cm³/mol. The van der Waals surface area contributed by atoms with Crippen molar-refractivity contribution in [3.8, 4) is 0 Å². The molecular formula is C25H20. The molecule has 25 heavy (non-hydrogen) atoms. The molecule has 0 heterocycles. The van der Waals surface area contributed by atoms with Gasteiger partial charge in [0.15, 0.2) is 0 Å². The number of benzene rings is 4. The van der Waals surface area contributed by atoms with Crippen LogP contribution in [0.1, 0.15) is 18.1 Å². The maximum atomic E-state index is 4.28. The SMILES string of the molecule is C=C(/C=C(\C)c1ccc2ccccc2c1)c1ccc2ccccc2c1. The van der Waals surface area contributed by atoms with Crippen LogP contribution in [0, 0.1) is 0 Å². The van der Waals surface area contributed by atoms with Crippen LogP contribution in [-0.2, 0) is 0 Å². The van der Waals surface area contributed by atoms with E-state index in [1.807, 2.05) is 0 Å². The van der Waals surface area contributed by atoms with Crippen molar-refractivity contribution < 1.29 is 0 Å². The molecule has 0 aromatic heterocycles. The molecule has 0 atom stereocenters. The van der Waals surface area contributed by atoms with E-state index in [0.717, 1.165) is 5.57 Å². The monoisotopic (exact) mass is 320 g/mol. The Morgan fingerprint density at radius 2 is 1.12 bits per heavy atom. The molecule has 0 amide bonds. The standard InChI is InChI=1S/C25H20/c1-18(22-13-11-20-7-3-5-9-24(20)16-22)15-19(2)23-14-12-21-8-4-6-10-25(21)17-23/h3-17H,1H2,2H3/b19-15+. The van der Waals surface area contributed by atoms with Crippen molar-refractivity contribution in [1.82, 2.24) is 0 Å². The number of allylic oxidation sites excluding steroid dienone is 3. The van der Waals surface area contributed by atoms with E-state index in [1.165, 1.54) is 38.2 Å². The number of rotatable bonds is 3. The number of hydrogen-bond donors (Lipinski definition) is 0. The van der Waals surface area contributed by atoms with E-state index in [1.54, 1.807) is 0 Å². The topological polar surface area (TPSA) is 0 Å². The van der Waals surface area contributed by atoms with Crippen LogP contribution < -0.4 is 0 Å². The van der Waals surface area contributed by atoms with Crippen LogP contribution in [0.2, 0.25) is 0 Å². The minimum Gasteiger partial charge on any atom is -0.0911 e. The first-order valence-electron chi connectivity index (χ1n) is 8.56. The van der Waals surface area contributed by atoms with Gasteiger partial charge in [0.05, 0.1) is 0 Å². The fourth-order valence-electron chi connectivity index (χ4n) is 3.25. The third-order valence-electron chi connectivity index (χ3n) is 4.72. The smallest absolute Gasteiger partial charge is 0.0178 e. The summed E-state index contributed by atoms with van der Waals surface area (Å²) in [5.74, 6) is 0. The number of fused-ring (bicyclic) bond motifs is 2. The van der Waals surface area contributed by atoms with Gasteiger partial charge in [-0.25, -0.2) is 0 Å².